The van der Waals surface area contributed by atoms with E-state index >= 15 is 0 Å². The Morgan fingerprint density at radius 3 is 3.06 bits per heavy atom. The molecule has 1 fully saturated rings. The summed E-state index contributed by atoms with van der Waals surface area (Å²) in [5.41, 5.74) is 0. The molecule has 0 saturated carbocycles. The van der Waals surface area contributed by atoms with Crippen LogP contribution >= 0.6 is 27.3 Å². The van der Waals surface area contributed by atoms with Gasteiger partial charge in [-0.05, 0) is 47.8 Å². The molecule has 1 atom stereocenters. The lowest BCUT2D eigenvalue weighted by molar-refractivity contribution is -0.132. The molecular weight excluding hydrogens is 312 g/mol. The van der Waals surface area contributed by atoms with Crippen molar-refractivity contribution in [3.05, 3.63) is 20.8 Å². The van der Waals surface area contributed by atoms with Crippen molar-refractivity contribution in [2.75, 3.05) is 20.1 Å². The van der Waals surface area contributed by atoms with Gasteiger partial charge in [0, 0.05) is 28.3 Å². The van der Waals surface area contributed by atoms with E-state index in [4.69, 9.17) is 0 Å². The van der Waals surface area contributed by atoms with Crippen molar-refractivity contribution >= 4 is 33.2 Å². The van der Waals surface area contributed by atoms with Crippen LogP contribution < -0.4 is 5.32 Å². The Morgan fingerprint density at radius 1 is 1.61 bits per heavy atom. The number of nitrogens with one attached hydrogen (secondary N) is 1. The average Bonchev–Trinajstić information content (AvgIpc) is 2.82. The van der Waals surface area contributed by atoms with Crippen LogP contribution in [0.15, 0.2) is 15.9 Å². The number of amides is 1. The van der Waals surface area contributed by atoms with Crippen molar-refractivity contribution in [1.29, 1.82) is 0 Å². The van der Waals surface area contributed by atoms with E-state index in [9.17, 15) is 4.79 Å². The minimum absolute atomic E-state index is 0.0406. The van der Waals surface area contributed by atoms with Crippen LogP contribution in [0.4, 0.5) is 0 Å². The quantitative estimate of drug-likeness (QED) is 0.920. The maximum absolute atomic E-state index is 12.2. The molecule has 1 amide bonds. The number of rotatable bonds is 4. The highest BCUT2D eigenvalue weighted by atomic mass is 79.9. The minimum Gasteiger partial charge on any atom is -0.344 e. The first-order valence-corrected chi connectivity index (χ1v) is 8.05. The standard InChI is InChI=1S/C13H19BrN2OS/c1-16(7-5-11-8-10(14)9-18-11)13(17)12-4-2-3-6-15-12/h8-9,12,15H,2-7H2,1H3. The number of carbonyl (C=O) groups is 1. The van der Waals surface area contributed by atoms with Crippen molar-refractivity contribution in [3.8, 4) is 0 Å². The molecule has 0 bridgehead atoms. The average molecular weight is 331 g/mol. The second-order valence-corrected chi connectivity index (χ2v) is 6.65. The summed E-state index contributed by atoms with van der Waals surface area (Å²) in [7, 11) is 1.90. The molecule has 18 heavy (non-hydrogen) atoms. The third-order valence-corrected chi connectivity index (χ3v) is 5.06. The highest BCUT2D eigenvalue weighted by Crippen LogP contribution is 2.20. The van der Waals surface area contributed by atoms with Crippen molar-refractivity contribution in [1.82, 2.24) is 10.2 Å². The predicted octanol–water partition coefficient (Wildman–Crippen LogP) is 2.65. The summed E-state index contributed by atoms with van der Waals surface area (Å²) in [6, 6.07) is 2.17. The number of hydrogen-bond donors (Lipinski definition) is 1. The topological polar surface area (TPSA) is 32.3 Å². The van der Waals surface area contributed by atoms with Crippen LogP contribution in [0.2, 0.25) is 0 Å². The van der Waals surface area contributed by atoms with Crippen LogP contribution in [0.5, 0.6) is 0 Å². The van der Waals surface area contributed by atoms with Crippen LogP contribution in [0.1, 0.15) is 24.1 Å². The zero-order valence-electron chi connectivity index (χ0n) is 10.6. The monoisotopic (exact) mass is 330 g/mol. The van der Waals surface area contributed by atoms with E-state index < -0.39 is 0 Å². The first-order chi connectivity index (χ1) is 8.66. The summed E-state index contributed by atoms with van der Waals surface area (Å²) in [5, 5.41) is 5.39. The molecule has 0 radical (unpaired) electrons. The lowest BCUT2D eigenvalue weighted by Crippen LogP contribution is -2.47. The van der Waals surface area contributed by atoms with Crippen molar-refractivity contribution in [2.24, 2.45) is 0 Å². The summed E-state index contributed by atoms with van der Waals surface area (Å²) in [5.74, 6) is 0.241. The maximum Gasteiger partial charge on any atom is 0.239 e. The van der Waals surface area contributed by atoms with Crippen LogP contribution in [-0.4, -0.2) is 37.0 Å². The van der Waals surface area contributed by atoms with Gasteiger partial charge in [-0.2, -0.15) is 0 Å². The molecule has 3 nitrogen and oxygen atoms in total. The summed E-state index contributed by atoms with van der Waals surface area (Å²) >= 11 is 5.19. The highest BCUT2D eigenvalue weighted by Gasteiger charge is 2.23. The number of likely N-dealkylation sites (N-methyl/N-ethyl adjacent to an activating group) is 1. The van der Waals surface area contributed by atoms with Gasteiger partial charge in [0.2, 0.25) is 5.91 Å². The zero-order valence-corrected chi connectivity index (χ0v) is 13.0. The number of hydrogen-bond acceptors (Lipinski definition) is 3. The van der Waals surface area contributed by atoms with Crippen LogP contribution in [-0.2, 0) is 11.2 Å². The summed E-state index contributed by atoms with van der Waals surface area (Å²) < 4.78 is 1.13. The van der Waals surface area contributed by atoms with Crippen LogP contribution in [0.3, 0.4) is 0 Å². The lowest BCUT2D eigenvalue weighted by atomic mass is 10.0. The molecule has 1 aromatic heterocycles. The Labute approximate surface area is 121 Å². The van der Waals surface area contributed by atoms with E-state index in [2.05, 4.69) is 32.7 Å². The zero-order chi connectivity index (χ0) is 13.0. The number of nitrogens with zero attached hydrogens (tertiary/aromatic N) is 1. The Kier molecular flexibility index (Phi) is 5.21. The van der Waals surface area contributed by atoms with Gasteiger partial charge in [0.25, 0.3) is 0 Å². The fourth-order valence-corrected chi connectivity index (χ4v) is 3.65. The largest absolute Gasteiger partial charge is 0.344 e. The molecule has 1 aromatic rings. The number of thiophene rings is 1. The van der Waals surface area contributed by atoms with E-state index in [-0.39, 0.29) is 11.9 Å². The van der Waals surface area contributed by atoms with Gasteiger partial charge in [0.05, 0.1) is 6.04 Å². The number of piperidine rings is 1. The van der Waals surface area contributed by atoms with Gasteiger partial charge in [-0.3, -0.25) is 4.79 Å². The fourth-order valence-electron chi connectivity index (χ4n) is 2.20. The fraction of sp³-hybridized carbons (Fsp3) is 0.615. The lowest BCUT2D eigenvalue weighted by Gasteiger charge is -2.27. The summed E-state index contributed by atoms with van der Waals surface area (Å²) in [6.07, 6.45) is 4.27. The van der Waals surface area contributed by atoms with E-state index in [0.717, 1.165) is 36.8 Å². The Bertz CT molecular complexity index is 401. The molecule has 100 valence electrons. The van der Waals surface area contributed by atoms with Crippen LogP contribution in [0, 0.1) is 0 Å². The summed E-state index contributed by atoms with van der Waals surface area (Å²) in [4.78, 5) is 15.4. The molecule has 0 aromatic carbocycles. The molecule has 1 aliphatic rings. The molecule has 0 spiro atoms. The number of carbonyl (C=O) groups excluding carboxylic acids is 1. The van der Waals surface area contributed by atoms with Gasteiger partial charge in [0.1, 0.15) is 0 Å². The third kappa shape index (κ3) is 3.80. The molecule has 1 unspecified atom stereocenters. The van der Waals surface area contributed by atoms with E-state index in [0.29, 0.717) is 0 Å². The Morgan fingerprint density at radius 2 is 2.44 bits per heavy atom. The summed E-state index contributed by atoms with van der Waals surface area (Å²) in [6.45, 7) is 1.77. The normalized spacial score (nSPS) is 19.8. The van der Waals surface area contributed by atoms with Crippen molar-refractivity contribution in [3.63, 3.8) is 0 Å². The molecule has 5 heteroatoms. The van der Waals surface area contributed by atoms with Gasteiger partial charge in [0.15, 0.2) is 0 Å². The highest BCUT2D eigenvalue weighted by molar-refractivity contribution is 9.10. The van der Waals surface area contributed by atoms with Gasteiger partial charge in [-0.15, -0.1) is 11.3 Å². The first kappa shape index (κ1) is 14.0. The first-order valence-electron chi connectivity index (χ1n) is 6.38. The van der Waals surface area contributed by atoms with Gasteiger partial charge >= 0.3 is 0 Å². The smallest absolute Gasteiger partial charge is 0.239 e. The Balaban J connectivity index is 1.79. The second kappa shape index (κ2) is 6.68. The van der Waals surface area contributed by atoms with E-state index in [1.54, 1.807) is 11.3 Å². The predicted molar refractivity (Wildman–Crippen MR) is 79.0 cm³/mol. The molecule has 1 N–H and O–H groups in total. The second-order valence-electron chi connectivity index (χ2n) is 4.74. The molecule has 1 aliphatic heterocycles. The number of halogens is 1. The third-order valence-electron chi connectivity index (χ3n) is 3.30. The maximum atomic E-state index is 12.2. The molecule has 0 aliphatic carbocycles. The van der Waals surface area contributed by atoms with Crippen molar-refractivity contribution in [2.45, 2.75) is 31.7 Å². The minimum atomic E-state index is 0.0406. The van der Waals surface area contributed by atoms with Crippen molar-refractivity contribution < 1.29 is 4.79 Å². The van der Waals surface area contributed by atoms with Gasteiger partial charge < -0.3 is 10.2 Å². The van der Waals surface area contributed by atoms with E-state index in [1.807, 2.05) is 11.9 Å². The van der Waals surface area contributed by atoms with Gasteiger partial charge in [-0.25, -0.2) is 0 Å². The van der Waals surface area contributed by atoms with E-state index in [1.165, 1.54) is 11.3 Å². The SMILES string of the molecule is CN(CCc1cc(Br)cs1)C(=O)C1CCCCN1. The van der Waals surface area contributed by atoms with Crippen LogP contribution in [0.25, 0.3) is 0 Å². The Hall–Kier alpha value is -0.390. The molecule has 2 heterocycles. The van der Waals surface area contributed by atoms with Gasteiger partial charge in [-0.1, -0.05) is 6.42 Å². The molecule has 1 saturated heterocycles. The molecule has 2 rings (SSSR count). The molecular formula is C13H19BrN2OS.